The van der Waals surface area contributed by atoms with E-state index in [2.05, 4.69) is 37.0 Å². The van der Waals surface area contributed by atoms with Gasteiger partial charge in [-0.2, -0.15) is 4.37 Å². The number of rotatable bonds is 2. The highest BCUT2D eigenvalue weighted by molar-refractivity contribution is 7.09. The van der Waals surface area contributed by atoms with E-state index in [1.54, 1.807) is 0 Å². The van der Waals surface area contributed by atoms with Gasteiger partial charge in [0, 0.05) is 30.0 Å². The number of anilines is 1. The Bertz CT molecular complexity index is 396. The maximum atomic E-state index is 5.85. The molecule has 1 fully saturated rings. The van der Waals surface area contributed by atoms with Gasteiger partial charge in [-0.05, 0) is 24.8 Å². The summed E-state index contributed by atoms with van der Waals surface area (Å²) in [5.74, 6) is 2.26. The largest absolute Gasteiger partial charge is 0.347 e. The first-order valence-electron chi connectivity index (χ1n) is 6.71. The van der Waals surface area contributed by atoms with Crippen LogP contribution >= 0.6 is 11.5 Å². The average Bonchev–Trinajstić information content (AvgIpc) is 2.78. The van der Waals surface area contributed by atoms with E-state index in [1.807, 2.05) is 0 Å². The van der Waals surface area contributed by atoms with Crippen molar-refractivity contribution in [3.8, 4) is 0 Å². The fourth-order valence-electron chi connectivity index (χ4n) is 2.28. The number of nitrogens with two attached hydrogens (primary N) is 1. The molecule has 1 aliphatic heterocycles. The average molecular weight is 268 g/mol. The summed E-state index contributed by atoms with van der Waals surface area (Å²) in [6.45, 7) is 11.6. The van der Waals surface area contributed by atoms with Crippen molar-refractivity contribution in [1.82, 2.24) is 9.36 Å². The minimum Gasteiger partial charge on any atom is -0.347 e. The fraction of sp³-hybridized carbons (Fsp3) is 0.846. The van der Waals surface area contributed by atoms with Crippen LogP contribution in [0.3, 0.4) is 0 Å². The Morgan fingerprint density at radius 2 is 2.17 bits per heavy atom. The smallest absolute Gasteiger partial charge is 0.205 e. The zero-order valence-corrected chi connectivity index (χ0v) is 12.6. The van der Waals surface area contributed by atoms with Crippen molar-refractivity contribution < 1.29 is 0 Å². The van der Waals surface area contributed by atoms with Crippen molar-refractivity contribution in [2.45, 2.75) is 39.5 Å². The Morgan fingerprint density at radius 3 is 2.72 bits per heavy atom. The quantitative estimate of drug-likeness (QED) is 0.894. The summed E-state index contributed by atoms with van der Waals surface area (Å²) in [5, 5.41) is 1.06. The van der Waals surface area contributed by atoms with Gasteiger partial charge in [0.2, 0.25) is 5.13 Å². The molecule has 2 rings (SSSR count). The van der Waals surface area contributed by atoms with Gasteiger partial charge in [-0.15, -0.1) is 0 Å². The molecule has 0 aromatic carbocycles. The molecule has 0 spiro atoms. The summed E-state index contributed by atoms with van der Waals surface area (Å²) in [6, 6.07) is 0. The van der Waals surface area contributed by atoms with Crippen molar-refractivity contribution >= 4 is 16.7 Å². The fourth-order valence-corrected chi connectivity index (χ4v) is 3.17. The van der Waals surface area contributed by atoms with Gasteiger partial charge >= 0.3 is 0 Å². The Labute approximate surface area is 114 Å². The molecule has 102 valence electrons. The minimum atomic E-state index is 0.0328. The van der Waals surface area contributed by atoms with E-state index < -0.39 is 0 Å². The maximum Gasteiger partial charge on any atom is 0.205 e. The first-order chi connectivity index (χ1) is 8.41. The lowest BCUT2D eigenvalue weighted by atomic mass is 9.87. The Balaban J connectivity index is 2.10. The van der Waals surface area contributed by atoms with Gasteiger partial charge in [0.25, 0.3) is 0 Å². The predicted octanol–water partition coefficient (Wildman–Crippen LogP) is 2.26. The minimum absolute atomic E-state index is 0.0328. The molecular weight excluding hydrogens is 244 g/mol. The Morgan fingerprint density at radius 1 is 1.44 bits per heavy atom. The van der Waals surface area contributed by atoms with E-state index in [4.69, 9.17) is 10.7 Å². The van der Waals surface area contributed by atoms with E-state index in [0.29, 0.717) is 5.92 Å². The van der Waals surface area contributed by atoms with Crippen LogP contribution in [0.1, 0.15) is 39.9 Å². The molecule has 0 radical (unpaired) electrons. The van der Waals surface area contributed by atoms with Crippen LogP contribution in [-0.2, 0) is 5.41 Å². The molecule has 2 heterocycles. The second kappa shape index (κ2) is 5.13. The summed E-state index contributed by atoms with van der Waals surface area (Å²) in [6.07, 6.45) is 1.20. The van der Waals surface area contributed by atoms with Crippen molar-refractivity contribution in [3.63, 3.8) is 0 Å². The maximum absolute atomic E-state index is 5.85. The molecule has 4 nitrogen and oxygen atoms in total. The third kappa shape index (κ3) is 2.83. The van der Waals surface area contributed by atoms with Crippen LogP contribution in [0.4, 0.5) is 5.13 Å². The molecular formula is C13H24N4S. The molecule has 0 amide bonds. The summed E-state index contributed by atoms with van der Waals surface area (Å²) in [5.41, 5.74) is 5.88. The number of hydrogen-bond donors (Lipinski definition) is 1. The van der Waals surface area contributed by atoms with Gasteiger partial charge < -0.3 is 10.6 Å². The van der Waals surface area contributed by atoms with Gasteiger partial charge in [-0.1, -0.05) is 27.7 Å². The zero-order valence-electron chi connectivity index (χ0n) is 11.8. The topological polar surface area (TPSA) is 55.0 Å². The van der Waals surface area contributed by atoms with Gasteiger partial charge in [-0.3, -0.25) is 0 Å². The number of hydrogen-bond acceptors (Lipinski definition) is 5. The van der Waals surface area contributed by atoms with Crippen molar-refractivity contribution in [1.29, 1.82) is 0 Å². The summed E-state index contributed by atoms with van der Waals surface area (Å²) >= 11 is 1.52. The normalized spacial score (nSPS) is 25.5. The first kappa shape index (κ1) is 13.7. The van der Waals surface area contributed by atoms with Crippen LogP contribution in [-0.4, -0.2) is 29.0 Å². The van der Waals surface area contributed by atoms with Gasteiger partial charge in [0.1, 0.15) is 5.82 Å². The van der Waals surface area contributed by atoms with E-state index in [0.717, 1.165) is 36.5 Å². The first-order valence-corrected chi connectivity index (χ1v) is 7.48. The molecule has 5 heteroatoms. The van der Waals surface area contributed by atoms with Crippen LogP contribution in [0, 0.1) is 11.8 Å². The van der Waals surface area contributed by atoms with Crippen molar-refractivity contribution in [3.05, 3.63) is 5.82 Å². The standard InChI is InChI=1S/C13H24N4S/c1-9-5-6-17(8-10(9)7-14)12-15-11(16-18-12)13(2,3)4/h9-10H,5-8,14H2,1-4H3. The third-order valence-electron chi connectivity index (χ3n) is 3.77. The highest BCUT2D eigenvalue weighted by atomic mass is 32.1. The molecule has 2 unspecified atom stereocenters. The van der Waals surface area contributed by atoms with Crippen LogP contribution < -0.4 is 10.6 Å². The predicted molar refractivity (Wildman–Crippen MR) is 77.1 cm³/mol. The Kier molecular flexibility index (Phi) is 3.92. The number of piperidine rings is 1. The van der Waals surface area contributed by atoms with Crippen molar-refractivity contribution in [2.24, 2.45) is 17.6 Å². The zero-order chi connectivity index (χ0) is 13.3. The van der Waals surface area contributed by atoms with Crippen LogP contribution in [0.5, 0.6) is 0 Å². The molecule has 2 N–H and O–H groups in total. The van der Waals surface area contributed by atoms with Crippen LogP contribution in [0.25, 0.3) is 0 Å². The third-order valence-corrected chi connectivity index (χ3v) is 4.55. The van der Waals surface area contributed by atoms with E-state index in [1.165, 1.54) is 18.0 Å². The molecule has 0 saturated carbocycles. The monoisotopic (exact) mass is 268 g/mol. The molecule has 0 bridgehead atoms. The number of aromatic nitrogens is 2. The molecule has 0 aliphatic carbocycles. The summed E-state index contributed by atoms with van der Waals surface area (Å²) in [7, 11) is 0. The second-order valence-corrected chi connectivity index (χ2v) is 7.09. The van der Waals surface area contributed by atoms with Gasteiger partial charge in [0.05, 0.1) is 0 Å². The summed E-state index contributed by atoms with van der Waals surface area (Å²) in [4.78, 5) is 7.04. The van der Waals surface area contributed by atoms with Crippen LogP contribution in [0.15, 0.2) is 0 Å². The lowest BCUT2D eigenvalue weighted by Crippen LogP contribution is -2.42. The lowest BCUT2D eigenvalue weighted by molar-refractivity contribution is 0.307. The molecule has 1 aromatic heterocycles. The molecule has 1 aliphatic rings. The van der Waals surface area contributed by atoms with E-state index in [9.17, 15) is 0 Å². The van der Waals surface area contributed by atoms with Gasteiger partial charge in [0.15, 0.2) is 0 Å². The molecule has 1 saturated heterocycles. The molecule has 2 atom stereocenters. The molecule has 1 aromatic rings. The Hall–Kier alpha value is -0.680. The summed E-state index contributed by atoms with van der Waals surface area (Å²) < 4.78 is 4.49. The molecule has 18 heavy (non-hydrogen) atoms. The highest BCUT2D eigenvalue weighted by Gasteiger charge is 2.28. The van der Waals surface area contributed by atoms with Crippen molar-refractivity contribution in [2.75, 3.05) is 24.5 Å². The van der Waals surface area contributed by atoms with E-state index in [-0.39, 0.29) is 5.41 Å². The SMILES string of the molecule is CC1CCN(c2nc(C(C)(C)C)ns2)CC1CN. The highest BCUT2D eigenvalue weighted by Crippen LogP contribution is 2.30. The number of nitrogens with zero attached hydrogens (tertiary/aromatic N) is 3. The second-order valence-electron chi connectivity index (χ2n) is 6.36. The lowest BCUT2D eigenvalue weighted by Gasteiger charge is -2.36. The van der Waals surface area contributed by atoms with Crippen LogP contribution in [0.2, 0.25) is 0 Å². The van der Waals surface area contributed by atoms with E-state index >= 15 is 0 Å². The van der Waals surface area contributed by atoms with Gasteiger partial charge in [-0.25, -0.2) is 4.98 Å².